The molecule has 9 heteroatoms. The minimum absolute atomic E-state index is 0.0608. The highest BCUT2D eigenvalue weighted by Crippen LogP contribution is 2.43. The maximum absolute atomic E-state index is 13.0. The summed E-state index contributed by atoms with van der Waals surface area (Å²) < 4.78 is 23.7. The van der Waals surface area contributed by atoms with E-state index in [1.165, 1.54) is 173 Å². The summed E-state index contributed by atoms with van der Waals surface area (Å²) in [5.41, 5.74) is 0. The molecule has 0 aliphatic carbocycles. The van der Waals surface area contributed by atoms with Crippen molar-refractivity contribution in [2.45, 2.75) is 283 Å². The number of phosphoric ester groups is 1. The van der Waals surface area contributed by atoms with Crippen LogP contribution in [0.15, 0.2) is 85.1 Å². The Morgan fingerprint density at radius 2 is 0.811 bits per heavy atom. The van der Waals surface area contributed by atoms with Crippen molar-refractivity contribution in [3.05, 3.63) is 85.1 Å². The van der Waals surface area contributed by atoms with Gasteiger partial charge in [-0.3, -0.25) is 13.8 Å². The minimum Gasteiger partial charge on any atom is -0.387 e. The minimum atomic E-state index is -4.34. The molecule has 430 valence electrons. The Balaban J connectivity index is 3.94. The molecule has 0 fully saturated rings. The van der Waals surface area contributed by atoms with E-state index in [1.807, 2.05) is 27.2 Å². The second-order valence-electron chi connectivity index (χ2n) is 22.1. The van der Waals surface area contributed by atoms with E-state index in [9.17, 15) is 19.4 Å². The lowest BCUT2D eigenvalue weighted by Gasteiger charge is -2.25. The van der Waals surface area contributed by atoms with Crippen LogP contribution in [-0.2, 0) is 18.4 Å². The highest BCUT2D eigenvalue weighted by Gasteiger charge is 2.27. The number of amides is 1. The number of aliphatic hydroxyl groups excluding tert-OH is 1. The molecule has 3 N–H and O–H groups in total. The molecule has 0 saturated heterocycles. The van der Waals surface area contributed by atoms with Gasteiger partial charge in [-0.1, -0.05) is 279 Å². The summed E-state index contributed by atoms with van der Waals surface area (Å²) in [5, 5.41) is 13.9. The average Bonchev–Trinajstić information content (AvgIpc) is 3.36. The van der Waals surface area contributed by atoms with Gasteiger partial charge in [0.15, 0.2) is 0 Å². The van der Waals surface area contributed by atoms with Crippen molar-refractivity contribution < 1.29 is 32.9 Å². The highest BCUT2D eigenvalue weighted by molar-refractivity contribution is 7.47. The summed E-state index contributed by atoms with van der Waals surface area (Å²) in [5.74, 6) is -0.176. The summed E-state index contributed by atoms with van der Waals surface area (Å²) in [6, 6.07) is -0.847. The van der Waals surface area contributed by atoms with Crippen molar-refractivity contribution in [3.8, 4) is 0 Å². The number of hydrogen-bond donors (Lipinski definition) is 3. The number of carbonyl (C=O) groups is 1. The molecular weight excluding hydrogens is 936 g/mol. The van der Waals surface area contributed by atoms with Gasteiger partial charge in [-0.2, -0.15) is 0 Å². The van der Waals surface area contributed by atoms with E-state index in [4.69, 9.17) is 9.05 Å². The van der Waals surface area contributed by atoms with Crippen LogP contribution in [0.4, 0.5) is 0 Å². The van der Waals surface area contributed by atoms with Crippen LogP contribution in [0.2, 0.25) is 0 Å². The fourth-order valence-electron chi connectivity index (χ4n) is 8.81. The molecule has 0 rings (SSSR count). The van der Waals surface area contributed by atoms with Gasteiger partial charge in [-0.05, 0) is 70.6 Å². The highest BCUT2D eigenvalue weighted by atomic mass is 31.2. The summed E-state index contributed by atoms with van der Waals surface area (Å²) in [6.07, 6.45) is 78.5. The number of unbranched alkanes of at least 4 members (excludes halogenated alkanes) is 31. The van der Waals surface area contributed by atoms with Crippen molar-refractivity contribution in [3.63, 3.8) is 0 Å². The predicted molar refractivity (Wildman–Crippen MR) is 323 cm³/mol. The number of likely N-dealkylation sites (N-methyl/N-ethyl adjacent to an activating group) is 1. The van der Waals surface area contributed by atoms with E-state index in [-0.39, 0.29) is 19.1 Å². The molecule has 0 bridgehead atoms. The first-order valence-corrected chi connectivity index (χ1v) is 32.5. The van der Waals surface area contributed by atoms with Gasteiger partial charge < -0.3 is 19.8 Å². The lowest BCUT2D eigenvalue weighted by Crippen LogP contribution is -2.45. The molecule has 8 nitrogen and oxygen atoms in total. The van der Waals surface area contributed by atoms with Gasteiger partial charge in [-0.25, -0.2) is 4.57 Å². The first kappa shape index (κ1) is 71.7. The van der Waals surface area contributed by atoms with Gasteiger partial charge in [0.05, 0.1) is 39.9 Å². The van der Waals surface area contributed by atoms with E-state index in [0.717, 1.165) is 77.0 Å². The Hall–Kier alpha value is -2.32. The standard InChI is InChI=1S/C65H119N2O6P/c1-6-8-10-12-14-16-18-20-21-22-23-24-25-26-27-28-29-30-31-32-33-34-35-36-37-38-39-40-41-42-43-44-45-47-49-51-53-55-57-59-65(69)66-63(62-73-74(70,71)72-61-60-67(3,4)5)64(68)58-56-54-52-50-48-46-19-17-15-13-11-9-7-2/h8,10,14,16,20-21,23-24,26-27,29-30,56,58,63-64,68H,6-7,9,11-13,15,17-19,22,25,28,31-55,57,59-62H2,1-5H3,(H-,66,69,70,71)/p+1/b10-8-,16-14-,21-20-,24-23-,27-26-,30-29-,58-56+. The second-order valence-corrected chi connectivity index (χ2v) is 23.5. The van der Waals surface area contributed by atoms with Crippen LogP contribution in [0.25, 0.3) is 0 Å². The van der Waals surface area contributed by atoms with Gasteiger partial charge in [0.2, 0.25) is 5.91 Å². The number of hydrogen-bond acceptors (Lipinski definition) is 5. The van der Waals surface area contributed by atoms with Crippen LogP contribution in [0, 0.1) is 0 Å². The van der Waals surface area contributed by atoms with Gasteiger partial charge >= 0.3 is 7.82 Å². The summed E-state index contributed by atoms with van der Waals surface area (Å²) in [7, 11) is 1.57. The number of nitrogens with zero attached hydrogens (tertiary/aromatic N) is 1. The maximum atomic E-state index is 13.0. The Labute approximate surface area is 458 Å². The van der Waals surface area contributed by atoms with Crippen LogP contribution < -0.4 is 5.32 Å². The van der Waals surface area contributed by atoms with Crippen LogP contribution >= 0.6 is 7.82 Å². The van der Waals surface area contributed by atoms with Crippen molar-refractivity contribution in [2.75, 3.05) is 40.9 Å². The Bertz CT molecular complexity index is 1480. The van der Waals surface area contributed by atoms with Crippen molar-refractivity contribution in [1.29, 1.82) is 0 Å². The van der Waals surface area contributed by atoms with Crippen molar-refractivity contribution >= 4 is 13.7 Å². The average molecular weight is 1060 g/mol. The first-order valence-electron chi connectivity index (χ1n) is 31.0. The predicted octanol–water partition coefficient (Wildman–Crippen LogP) is 19.2. The molecule has 0 aromatic heterocycles. The Kier molecular flexibility index (Phi) is 53.7. The van der Waals surface area contributed by atoms with E-state index in [2.05, 4.69) is 92.1 Å². The van der Waals surface area contributed by atoms with Crippen molar-refractivity contribution in [1.82, 2.24) is 5.32 Å². The van der Waals surface area contributed by atoms with Gasteiger partial charge in [0.25, 0.3) is 0 Å². The lowest BCUT2D eigenvalue weighted by molar-refractivity contribution is -0.870. The number of quaternary nitrogens is 1. The molecule has 0 aromatic rings. The van der Waals surface area contributed by atoms with Gasteiger partial charge in [-0.15, -0.1) is 0 Å². The summed E-state index contributed by atoms with van der Waals surface area (Å²) in [4.78, 5) is 23.3. The molecule has 0 radical (unpaired) electrons. The molecule has 0 aliphatic heterocycles. The smallest absolute Gasteiger partial charge is 0.387 e. The molecule has 74 heavy (non-hydrogen) atoms. The maximum Gasteiger partial charge on any atom is 0.472 e. The molecule has 0 heterocycles. The molecule has 0 aliphatic rings. The van der Waals surface area contributed by atoms with E-state index < -0.39 is 20.0 Å². The zero-order chi connectivity index (χ0) is 54.2. The SMILES string of the molecule is CC/C=C\C/C=C\C/C=C\C/C=C\C/C=C\C/C=C\CCCCCCCCCCCCCCCCCCCCCCC(=O)NC(COP(=O)(O)OCC[N+](C)(C)C)C(O)/C=C/CCCCCCCCCCCCC. The zero-order valence-electron chi connectivity index (χ0n) is 49.1. The third-order valence-corrected chi connectivity index (χ3v) is 14.6. The quantitative estimate of drug-likeness (QED) is 0.0243. The van der Waals surface area contributed by atoms with E-state index in [0.29, 0.717) is 17.4 Å². The third-order valence-electron chi connectivity index (χ3n) is 13.6. The third kappa shape index (κ3) is 57.4. The zero-order valence-corrected chi connectivity index (χ0v) is 50.0. The van der Waals surface area contributed by atoms with E-state index in [1.54, 1.807) is 6.08 Å². The number of aliphatic hydroxyl groups is 1. The van der Waals surface area contributed by atoms with Crippen LogP contribution in [0.5, 0.6) is 0 Å². The number of carbonyl (C=O) groups excluding carboxylic acids is 1. The Morgan fingerprint density at radius 3 is 1.19 bits per heavy atom. The van der Waals surface area contributed by atoms with Crippen molar-refractivity contribution in [2.24, 2.45) is 0 Å². The second kappa shape index (κ2) is 55.4. The number of nitrogens with one attached hydrogen (secondary N) is 1. The van der Waals surface area contributed by atoms with E-state index >= 15 is 0 Å². The molecule has 0 spiro atoms. The summed E-state index contributed by atoms with van der Waals surface area (Å²) in [6.45, 7) is 4.71. The first-order chi connectivity index (χ1) is 36.0. The molecule has 0 saturated carbocycles. The monoisotopic (exact) mass is 1060 g/mol. The molecule has 3 unspecified atom stereocenters. The van der Waals surface area contributed by atoms with Gasteiger partial charge in [0.1, 0.15) is 13.2 Å². The molecule has 1 amide bonds. The number of allylic oxidation sites excluding steroid dienone is 13. The van der Waals surface area contributed by atoms with Crippen LogP contribution in [-0.4, -0.2) is 73.4 Å². The summed E-state index contributed by atoms with van der Waals surface area (Å²) >= 11 is 0. The van der Waals surface area contributed by atoms with Gasteiger partial charge in [0, 0.05) is 6.42 Å². The molecular formula is C65H120N2O6P+. The van der Waals surface area contributed by atoms with Crippen LogP contribution in [0.1, 0.15) is 271 Å². The number of phosphoric acid groups is 1. The molecule has 0 aromatic carbocycles. The van der Waals surface area contributed by atoms with Crippen LogP contribution in [0.3, 0.4) is 0 Å². The topological polar surface area (TPSA) is 105 Å². The number of rotatable bonds is 56. The normalized spacial score (nSPS) is 14.4. The molecule has 3 atom stereocenters. The lowest BCUT2D eigenvalue weighted by atomic mass is 10.0. The largest absolute Gasteiger partial charge is 0.472 e. The fraction of sp³-hybridized carbons (Fsp3) is 0.769. The Morgan fingerprint density at radius 1 is 0.473 bits per heavy atom. The fourth-order valence-corrected chi connectivity index (χ4v) is 9.55.